The van der Waals surface area contributed by atoms with Crippen LogP contribution in [0.15, 0.2) is 27.4 Å². The van der Waals surface area contributed by atoms with Gasteiger partial charge in [0.1, 0.15) is 11.6 Å². The highest BCUT2D eigenvalue weighted by molar-refractivity contribution is 8.01. The Hall–Kier alpha value is -0.980. The topological polar surface area (TPSA) is 37.8 Å². The van der Waals surface area contributed by atoms with Crippen LogP contribution >= 0.6 is 23.3 Å². The third-order valence-corrected chi connectivity index (χ3v) is 4.83. The lowest BCUT2D eigenvalue weighted by molar-refractivity contribution is 0.615. The van der Waals surface area contributed by atoms with Crippen molar-refractivity contribution in [3.05, 3.63) is 35.4 Å². The molecule has 6 heteroatoms. The van der Waals surface area contributed by atoms with Gasteiger partial charge in [0.2, 0.25) is 0 Å². The number of rotatable bonds is 6. The summed E-state index contributed by atoms with van der Waals surface area (Å²) in [5, 5.41) is 3.40. The molecule has 1 aromatic carbocycles. The molecule has 0 spiro atoms. The van der Waals surface area contributed by atoms with E-state index in [1.165, 1.54) is 36.1 Å². The molecule has 3 rings (SSSR count). The van der Waals surface area contributed by atoms with E-state index in [1.807, 2.05) is 13.0 Å². The number of hydrogen-bond acceptors (Lipinski definition) is 5. The second kappa shape index (κ2) is 6.20. The number of aromatic nitrogens is 2. The lowest BCUT2D eigenvalue weighted by Crippen LogP contribution is -2.15. The van der Waals surface area contributed by atoms with Crippen molar-refractivity contribution in [2.24, 2.45) is 0 Å². The highest BCUT2D eigenvalue weighted by Gasteiger charge is 2.20. The third-order valence-electron chi connectivity index (χ3n) is 3.07. The Morgan fingerprint density at radius 1 is 1.40 bits per heavy atom. The Kier molecular flexibility index (Phi) is 4.33. The summed E-state index contributed by atoms with van der Waals surface area (Å²) >= 11 is 2.85. The number of hydrogen-bond donors (Lipinski definition) is 1. The normalized spacial score (nSPS) is 14.7. The lowest BCUT2D eigenvalue weighted by atomic mass is 10.2. The van der Waals surface area contributed by atoms with Crippen molar-refractivity contribution >= 4 is 23.3 Å². The highest BCUT2D eigenvalue weighted by Crippen LogP contribution is 2.30. The minimum Gasteiger partial charge on any atom is -0.310 e. The highest BCUT2D eigenvalue weighted by atomic mass is 32.2. The van der Waals surface area contributed by atoms with E-state index in [0.29, 0.717) is 6.04 Å². The van der Waals surface area contributed by atoms with Gasteiger partial charge in [0.25, 0.3) is 0 Å². The van der Waals surface area contributed by atoms with Crippen molar-refractivity contribution in [1.29, 1.82) is 0 Å². The van der Waals surface area contributed by atoms with Crippen LogP contribution in [0.25, 0.3) is 0 Å². The maximum absolute atomic E-state index is 13.7. The van der Waals surface area contributed by atoms with E-state index >= 15 is 0 Å². The number of aryl methyl sites for hydroxylation is 1. The molecule has 20 heavy (non-hydrogen) atoms. The molecule has 0 amide bonds. The van der Waals surface area contributed by atoms with Gasteiger partial charge in [0.15, 0.2) is 4.34 Å². The quantitative estimate of drug-likeness (QED) is 0.884. The average Bonchev–Trinajstić information content (AvgIpc) is 3.15. The maximum atomic E-state index is 13.7. The number of halogens is 1. The Balaban J connectivity index is 1.70. The first-order valence-corrected chi connectivity index (χ1v) is 8.35. The molecule has 1 aliphatic carbocycles. The first-order chi connectivity index (χ1) is 9.72. The first kappa shape index (κ1) is 14.0. The minimum absolute atomic E-state index is 0.192. The third kappa shape index (κ3) is 3.77. The van der Waals surface area contributed by atoms with Gasteiger partial charge in [-0.15, -0.1) is 0 Å². The Bertz CT molecular complexity index is 596. The SMILES string of the molecule is CCc1nsc(Sc2cc(F)cc(CNC3CC3)c2)n1. The summed E-state index contributed by atoms with van der Waals surface area (Å²) in [6, 6.07) is 5.80. The maximum Gasteiger partial charge on any atom is 0.174 e. The van der Waals surface area contributed by atoms with E-state index in [-0.39, 0.29) is 5.82 Å². The van der Waals surface area contributed by atoms with Crippen LogP contribution in [0, 0.1) is 5.82 Å². The smallest absolute Gasteiger partial charge is 0.174 e. The predicted octanol–water partition coefficient (Wildman–Crippen LogP) is 3.64. The molecule has 1 aromatic heterocycles. The largest absolute Gasteiger partial charge is 0.310 e. The summed E-state index contributed by atoms with van der Waals surface area (Å²) in [6.07, 6.45) is 3.31. The standard InChI is InChI=1S/C14H16FN3S2/c1-2-13-17-14(20-18-13)19-12-6-9(5-10(15)7-12)8-16-11-3-4-11/h5-7,11,16H,2-4,8H2,1H3. The molecule has 0 atom stereocenters. The van der Waals surface area contributed by atoms with Gasteiger partial charge in [0, 0.05) is 23.9 Å². The fourth-order valence-corrected chi connectivity index (χ4v) is 3.64. The van der Waals surface area contributed by atoms with E-state index in [9.17, 15) is 4.39 Å². The molecule has 0 aliphatic heterocycles. The summed E-state index contributed by atoms with van der Waals surface area (Å²) in [4.78, 5) is 5.29. The van der Waals surface area contributed by atoms with Gasteiger partial charge in [-0.05, 0) is 48.1 Å². The lowest BCUT2D eigenvalue weighted by Gasteiger charge is -2.06. The zero-order valence-corrected chi connectivity index (χ0v) is 12.9. The van der Waals surface area contributed by atoms with E-state index in [4.69, 9.17) is 0 Å². The molecule has 0 radical (unpaired) electrons. The summed E-state index contributed by atoms with van der Waals surface area (Å²) in [5.74, 6) is 0.660. The van der Waals surface area contributed by atoms with Gasteiger partial charge in [-0.2, -0.15) is 4.37 Å². The molecule has 2 aromatic rings. The van der Waals surface area contributed by atoms with E-state index in [0.717, 1.165) is 33.6 Å². The second-order valence-electron chi connectivity index (χ2n) is 4.88. The van der Waals surface area contributed by atoms with Gasteiger partial charge in [0.05, 0.1) is 0 Å². The van der Waals surface area contributed by atoms with Gasteiger partial charge in [-0.3, -0.25) is 0 Å². The number of nitrogens with zero attached hydrogens (tertiary/aromatic N) is 2. The van der Waals surface area contributed by atoms with Crippen LogP contribution in [0.5, 0.6) is 0 Å². The zero-order chi connectivity index (χ0) is 13.9. The van der Waals surface area contributed by atoms with Crippen LogP contribution in [0.4, 0.5) is 4.39 Å². The van der Waals surface area contributed by atoms with Gasteiger partial charge < -0.3 is 5.32 Å². The Morgan fingerprint density at radius 3 is 2.95 bits per heavy atom. The molecule has 1 saturated carbocycles. The Morgan fingerprint density at radius 2 is 2.25 bits per heavy atom. The van der Waals surface area contributed by atoms with Crippen molar-refractivity contribution in [2.75, 3.05) is 0 Å². The molecule has 1 heterocycles. The molecule has 3 nitrogen and oxygen atoms in total. The summed E-state index contributed by atoms with van der Waals surface area (Å²) < 4.78 is 18.8. The minimum atomic E-state index is -0.192. The van der Waals surface area contributed by atoms with Crippen molar-refractivity contribution < 1.29 is 4.39 Å². The van der Waals surface area contributed by atoms with Crippen LogP contribution in [0.1, 0.15) is 31.2 Å². The first-order valence-electron chi connectivity index (χ1n) is 6.76. The van der Waals surface area contributed by atoms with E-state index in [1.54, 1.807) is 12.1 Å². The van der Waals surface area contributed by atoms with Crippen molar-refractivity contribution in [1.82, 2.24) is 14.7 Å². The molecular weight excluding hydrogens is 293 g/mol. The van der Waals surface area contributed by atoms with Gasteiger partial charge in [-0.25, -0.2) is 9.37 Å². The molecule has 0 saturated heterocycles. The van der Waals surface area contributed by atoms with Crippen LogP contribution in [0.3, 0.4) is 0 Å². The fourth-order valence-electron chi connectivity index (χ4n) is 1.86. The molecule has 106 valence electrons. The molecule has 1 fully saturated rings. The number of nitrogens with one attached hydrogen (secondary N) is 1. The van der Waals surface area contributed by atoms with Crippen molar-refractivity contribution in [2.45, 2.75) is 48.0 Å². The fraction of sp³-hybridized carbons (Fsp3) is 0.429. The van der Waals surface area contributed by atoms with Crippen molar-refractivity contribution in [3.63, 3.8) is 0 Å². The van der Waals surface area contributed by atoms with E-state index in [2.05, 4.69) is 14.7 Å². The van der Waals surface area contributed by atoms with Crippen LogP contribution < -0.4 is 5.32 Å². The van der Waals surface area contributed by atoms with E-state index < -0.39 is 0 Å². The molecule has 0 unspecified atom stereocenters. The van der Waals surface area contributed by atoms with Gasteiger partial charge >= 0.3 is 0 Å². The molecule has 1 N–H and O–H groups in total. The van der Waals surface area contributed by atoms with Crippen LogP contribution in [0.2, 0.25) is 0 Å². The molecule has 1 aliphatic rings. The predicted molar refractivity (Wildman–Crippen MR) is 79.7 cm³/mol. The molecular formula is C14H16FN3S2. The van der Waals surface area contributed by atoms with Gasteiger partial charge in [-0.1, -0.05) is 18.7 Å². The summed E-state index contributed by atoms with van der Waals surface area (Å²) in [6.45, 7) is 2.76. The Labute approximate surface area is 126 Å². The van der Waals surface area contributed by atoms with Crippen molar-refractivity contribution in [3.8, 4) is 0 Å². The number of benzene rings is 1. The van der Waals surface area contributed by atoms with Crippen LogP contribution in [-0.2, 0) is 13.0 Å². The summed E-state index contributed by atoms with van der Waals surface area (Å²) in [7, 11) is 0. The monoisotopic (exact) mass is 309 g/mol. The second-order valence-corrected chi connectivity index (χ2v) is 6.95. The molecule has 0 bridgehead atoms. The zero-order valence-electron chi connectivity index (χ0n) is 11.2. The average molecular weight is 309 g/mol. The van der Waals surface area contributed by atoms with Crippen LogP contribution in [-0.4, -0.2) is 15.4 Å². The summed E-state index contributed by atoms with van der Waals surface area (Å²) in [5.41, 5.74) is 0.986.